The van der Waals surface area contributed by atoms with Gasteiger partial charge in [0.2, 0.25) is 0 Å². The minimum absolute atomic E-state index is 0.105. The summed E-state index contributed by atoms with van der Waals surface area (Å²) in [6.45, 7) is 1.31. The lowest BCUT2D eigenvalue weighted by Gasteiger charge is -2.08. The molecule has 0 unspecified atom stereocenters. The number of unbranched alkanes of at least 4 members (excludes halogenated alkanes) is 1. The molecule has 4 heteroatoms. The van der Waals surface area contributed by atoms with Crippen molar-refractivity contribution in [3.05, 3.63) is 70.7 Å². The van der Waals surface area contributed by atoms with Crippen molar-refractivity contribution in [2.75, 3.05) is 13.1 Å². The number of benzene rings is 2. The van der Waals surface area contributed by atoms with Crippen LogP contribution in [0.5, 0.6) is 0 Å². The zero-order valence-electron chi connectivity index (χ0n) is 13.2. The molecule has 0 spiro atoms. The van der Waals surface area contributed by atoms with Crippen LogP contribution in [0.15, 0.2) is 54.6 Å². The molecule has 0 aliphatic heterocycles. The predicted octanol–water partition coefficient (Wildman–Crippen LogP) is 4.20. The Morgan fingerprint density at radius 2 is 1.57 bits per heavy atom. The van der Waals surface area contributed by atoms with Crippen LogP contribution in [0.4, 0.5) is 4.79 Å². The van der Waals surface area contributed by atoms with Crippen LogP contribution in [0, 0.1) is 0 Å². The zero-order valence-corrected chi connectivity index (χ0v) is 14.0. The maximum absolute atomic E-state index is 11.7. The Kier molecular flexibility index (Phi) is 7.47. The van der Waals surface area contributed by atoms with Crippen LogP contribution in [0.25, 0.3) is 0 Å². The number of aryl methyl sites for hydroxylation is 1. The lowest BCUT2D eigenvalue weighted by atomic mass is 10.1. The average Bonchev–Trinajstić information content (AvgIpc) is 2.55. The van der Waals surface area contributed by atoms with Crippen molar-refractivity contribution in [3.63, 3.8) is 0 Å². The van der Waals surface area contributed by atoms with Crippen molar-refractivity contribution in [2.45, 2.75) is 25.7 Å². The fourth-order valence-electron chi connectivity index (χ4n) is 2.38. The van der Waals surface area contributed by atoms with Crippen molar-refractivity contribution < 1.29 is 4.79 Å². The second-order valence-electron chi connectivity index (χ2n) is 5.51. The highest BCUT2D eigenvalue weighted by Gasteiger charge is 2.00. The molecule has 0 fully saturated rings. The molecule has 0 atom stereocenters. The van der Waals surface area contributed by atoms with Crippen molar-refractivity contribution in [1.29, 1.82) is 0 Å². The summed E-state index contributed by atoms with van der Waals surface area (Å²) < 4.78 is 0. The first-order chi connectivity index (χ1) is 11.2. The Labute approximate surface area is 143 Å². The molecular weight excluding hydrogens is 308 g/mol. The van der Waals surface area contributed by atoms with E-state index >= 15 is 0 Å². The summed E-state index contributed by atoms with van der Waals surface area (Å²) in [6, 6.07) is 18.0. The molecule has 0 aliphatic carbocycles. The lowest BCUT2D eigenvalue weighted by molar-refractivity contribution is 0.241. The van der Waals surface area contributed by atoms with E-state index < -0.39 is 0 Å². The number of hydrogen-bond donors (Lipinski definition) is 2. The number of halogens is 1. The van der Waals surface area contributed by atoms with Crippen LogP contribution in [0.2, 0.25) is 5.02 Å². The van der Waals surface area contributed by atoms with Gasteiger partial charge in [0.1, 0.15) is 0 Å². The van der Waals surface area contributed by atoms with E-state index in [1.807, 2.05) is 30.3 Å². The summed E-state index contributed by atoms with van der Waals surface area (Å²) in [6.07, 6.45) is 3.89. The average molecular weight is 331 g/mol. The number of hydrogen-bond acceptors (Lipinski definition) is 1. The predicted molar refractivity (Wildman–Crippen MR) is 95.9 cm³/mol. The molecule has 0 saturated heterocycles. The molecule has 0 heterocycles. The van der Waals surface area contributed by atoms with Gasteiger partial charge in [0.25, 0.3) is 0 Å². The fourth-order valence-corrected chi connectivity index (χ4v) is 2.59. The second kappa shape index (κ2) is 9.90. The summed E-state index contributed by atoms with van der Waals surface area (Å²) in [7, 11) is 0. The van der Waals surface area contributed by atoms with Gasteiger partial charge in [-0.2, -0.15) is 0 Å². The Balaban J connectivity index is 1.52. The topological polar surface area (TPSA) is 41.1 Å². The normalized spacial score (nSPS) is 10.3. The van der Waals surface area contributed by atoms with Crippen LogP contribution in [-0.4, -0.2) is 19.1 Å². The summed E-state index contributed by atoms with van der Waals surface area (Å²) in [4.78, 5) is 11.7. The third-order valence-electron chi connectivity index (χ3n) is 3.61. The SMILES string of the molecule is O=C(NCCCCc1ccccc1)NCCc1cccc(Cl)c1. The molecule has 23 heavy (non-hydrogen) atoms. The number of carbonyl (C=O) groups excluding carboxylic acids is 1. The largest absolute Gasteiger partial charge is 0.338 e. The van der Waals surface area contributed by atoms with Gasteiger partial charge in [-0.25, -0.2) is 4.79 Å². The Morgan fingerprint density at radius 3 is 2.35 bits per heavy atom. The van der Waals surface area contributed by atoms with E-state index in [0.717, 1.165) is 36.3 Å². The molecule has 0 aliphatic rings. The number of nitrogens with one attached hydrogen (secondary N) is 2. The molecule has 2 aromatic rings. The standard InChI is InChI=1S/C19H23ClN2O/c20-18-11-6-10-17(15-18)12-14-22-19(23)21-13-5-4-9-16-7-2-1-3-8-16/h1-3,6-8,10-11,15H,4-5,9,12-14H2,(H2,21,22,23). The van der Waals surface area contributed by atoms with Crippen molar-refractivity contribution in [3.8, 4) is 0 Å². The lowest BCUT2D eigenvalue weighted by Crippen LogP contribution is -2.37. The van der Waals surface area contributed by atoms with Gasteiger partial charge >= 0.3 is 6.03 Å². The van der Waals surface area contributed by atoms with Gasteiger partial charge in [0.05, 0.1) is 0 Å². The number of rotatable bonds is 8. The van der Waals surface area contributed by atoms with Gasteiger partial charge in [-0.1, -0.05) is 54.1 Å². The van der Waals surface area contributed by atoms with Crippen LogP contribution >= 0.6 is 11.6 Å². The van der Waals surface area contributed by atoms with Gasteiger partial charge in [-0.05, 0) is 48.9 Å². The minimum atomic E-state index is -0.105. The van der Waals surface area contributed by atoms with Crippen LogP contribution in [0.3, 0.4) is 0 Å². The Morgan fingerprint density at radius 1 is 0.826 bits per heavy atom. The highest BCUT2D eigenvalue weighted by Crippen LogP contribution is 2.10. The molecule has 0 radical (unpaired) electrons. The van der Waals surface area contributed by atoms with Crippen molar-refractivity contribution >= 4 is 17.6 Å². The summed E-state index contributed by atoms with van der Waals surface area (Å²) in [5.74, 6) is 0. The first-order valence-electron chi connectivity index (χ1n) is 8.04. The molecule has 0 saturated carbocycles. The van der Waals surface area contributed by atoms with Crippen molar-refractivity contribution in [2.24, 2.45) is 0 Å². The monoisotopic (exact) mass is 330 g/mol. The van der Waals surface area contributed by atoms with E-state index in [1.165, 1.54) is 5.56 Å². The van der Waals surface area contributed by atoms with E-state index in [0.29, 0.717) is 13.1 Å². The van der Waals surface area contributed by atoms with Gasteiger partial charge in [-0.15, -0.1) is 0 Å². The molecule has 3 nitrogen and oxygen atoms in total. The van der Waals surface area contributed by atoms with Crippen LogP contribution in [-0.2, 0) is 12.8 Å². The van der Waals surface area contributed by atoms with Crippen LogP contribution in [0.1, 0.15) is 24.0 Å². The van der Waals surface area contributed by atoms with E-state index in [-0.39, 0.29) is 6.03 Å². The number of carbonyl (C=O) groups is 1. The van der Waals surface area contributed by atoms with E-state index in [1.54, 1.807) is 0 Å². The third kappa shape index (κ3) is 7.20. The first kappa shape index (κ1) is 17.4. The van der Waals surface area contributed by atoms with Crippen LogP contribution < -0.4 is 10.6 Å². The number of amides is 2. The quantitative estimate of drug-likeness (QED) is 0.700. The maximum atomic E-state index is 11.7. The highest BCUT2D eigenvalue weighted by atomic mass is 35.5. The van der Waals surface area contributed by atoms with E-state index in [2.05, 4.69) is 34.9 Å². The van der Waals surface area contributed by atoms with Gasteiger partial charge < -0.3 is 10.6 Å². The third-order valence-corrected chi connectivity index (χ3v) is 3.84. The Bertz CT molecular complexity index is 601. The number of urea groups is 1. The molecule has 2 N–H and O–H groups in total. The minimum Gasteiger partial charge on any atom is -0.338 e. The van der Waals surface area contributed by atoms with Crippen molar-refractivity contribution in [1.82, 2.24) is 10.6 Å². The Hall–Kier alpha value is -2.00. The molecule has 122 valence electrons. The second-order valence-corrected chi connectivity index (χ2v) is 5.94. The maximum Gasteiger partial charge on any atom is 0.314 e. The van der Waals surface area contributed by atoms with E-state index in [4.69, 9.17) is 11.6 Å². The summed E-state index contributed by atoms with van der Waals surface area (Å²) in [5, 5.41) is 6.48. The molecule has 2 amide bonds. The highest BCUT2D eigenvalue weighted by molar-refractivity contribution is 6.30. The molecule has 2 aromatic carbocycles. The van der Waals surface area contributed by atoms with Gasteiger partial charge in [0, 0.05) is 18.1 Å². The molecular formula is C19H23ClN2O. The zero-order chi connectivity index (χ0) is 16.3. The van der Waals surface area contributed by atoms with E-state index in [9.17, 15) is 4.79 Å². The summed E-state index contributed by atoms with van der Waals surface area (Å²) in [5.41, 5.74) is 2.47. The molecule has 0 bridgehead atoms. The van der Waals surface area contributed by atoms with Gasteiger partial charge in [0.15, 0.2) is 0 Å². The molecule has 0 aromatic heterocycles. The molecule has 2 rings (SSSR count). The smallest absolute Gasteiger partial charge is 0.314 e. The summed E-state index contributed by atoms with van der Waals surface area (Å²) >= 11 is 5.93. The fraction of sp³-hybridized carbons (Fsp3) is 0.316. The van der Waals surface area contributed by atoms with Gasteiger partial charge in [-0.3, -0.25) is 0 Å². The first-order valence-corrected chi connectivity index (χ1v) is 8.42.